The molecule has 0 aromatic carbocycles. The fourth-order valence-electron chi connectivity index (χ4n) is 1.36. The van der Waals surface area contributed by atoms with Gasteiger partial charge in [0.15, 0.2) is 0 Å². The van der Waals surface area contributed by atoms with Gasteiger partial charge in [-0.05, 0) is 24.8 Å². The van der Waals surface area contributed by atoms with Crippen LogP contribution in [0.15, 0.2) is 0 Å². The topological polar surface area (TPSA) is 58.3 Å². The molecule has 0 saturated carbocycles. The lowest BCUT2D eigenvalue weighted by Crippen LogP contribution is -2.39. The molecule has 0 aliphatic heterocycles. The van der Waals surface area contributed by atoms with Gasteiger partial charge in [0.25, 0.3) is 0 Å². The smallest absolute Gasteiger partial charge is 0.0443 e. The number of rotatable bonds is 6. The van der Waals surface area contributed by atoms with Crippen LogP contribution in [0.3, 0.4) is 0 Å². The van der Waals surface area contributed by atoms with Crippen molar-refractivity contribution in [2.24, 2.45) is 11.1 Å². The third-order valence-corrected chi connectivity index (χ3v) is 1.91. The van der Waals surface area contributed by atoms with Crippen molar-refractivity contribution in [2.45, 2.75) is 39.7 Å². The molecule has 1 atom stereocenters. The van der Waals surface area contributed by atoms with Crippen LogP contribution in [0.1, 0.15) is 33.6 Å². The van der Waals surface area contributed by atoms with Crippen LogP contribution in [-0.2, 0) is 0 Å². The van der Waals surface area contributed by atoms with Crippen LogP contribution < -0.4 is 11.1 Å². The Morgan fingerprint density at radius 3 is 2.38 bits per heavy atom. The zero-order valence-electron chi connectivity index (χ0n) is 9.14. The first-order valence-electron chi connectivity index (χ1n) is 5.04. The molecule has 0 amide bonds. The Kier molecular flexibility index (Phi) is 6.29. The predicted molar refractivity (Wildman–Crippen MR) is 56.6 cm³/mol. The zero-order valence-corrected chi connectivity index (χ0v) is 9.14. The molecule has 1 unspecified atom stereocenters. The SMILES string of the molecule is CC(C)(C)CC(CN)NCCCO. The van der Waals surface area contributed by atoms with Crippen molar-refractivity contribution in [1.29, 1.82) is 0 Å². The van der Waals surface area contributed by atoms with Gasteiger partial charge in [-0.15, -0.1) is 0 Å². The summed E-state index contributed by atoms with van der Waals surface area (Å²) in [6.45, 7) is 8.41. The second-order valence-electron chi connectivity index (χ2n) is 4.73. The maximum absolute atomic E-state index is 8.61. The standard InChI is InChI=1S/C10H24N2O/c1-10(2,3)7-9(8-11)12-5-4-6-13/h9,12-13H,4-8,11H2,1-3H3. The lowest BCUT2D eigenvalue weighted by molar-refractivity contribution is 0.272. The van der Waals surface area contributed by atoms with Gasteiger partial charge in [0, 0.05) is 19.2 Å². The molecule has 0 aromatic rings. The van der Waals surface area contributed by atoms with Gasteiger partial charge < -0.3 is 16.2 Å². The Morgan fingerprint density at radius 1 is 1.38 bits per heavy atom. The molecule has 0 aliphatic rings. The highest BCUT2D eigenvalue weighted by molar-refractivity contribution is 4.75. The van der Waals surface area contributed by atoms with E-state index in [1.807, 2.05) is 0 Å². The van der Waals surface area contributed by atoms with Crippen molar-refractivity contribution in [2.75, 3.05) is 19.7 Å². The Hall–Kier alpha value is -0.120. The molecule has 3 heteroatoms. The van der Waals surface area contributed by atoms with E-state index < -0.39 is 0 Å². The summed E-state index contributed by atoms with van der Waals surface area (Å²) in [5.74, 6) is 0. The van der Waals surface area contributed by atoms with Crippen molar-refractivity contribution in [3.63, 3.8) is 0 Å². The van der Waals surface area contributed by atoms with E-state index in [4.69, 9.17) is 10.8 Å². The number of hydrogen-bond acceptors (Lipinski definition) is 3. The van der Waals surface area contributed by atoms with Gasteiger partial charge in [-0.25, -0.2) is 0 Å². The monoisotopic (exact) mass is 188 g/mol. The van der Waals surface area contributed by atoms with Gasteiger partial charge in [-0.1, -0.05) is 20.8 Å². The highest BCUT2D eigenvalue weighted by atomic mass is 16.3. The van der Waals surface area contributed by atoms with E-state index in [1.54, 1.807) is 0 Å². The van der Waals surface area contributed by atoms with Crippen LogP contribution in [0.5, 0.6) is 0 Å². The quantitative estimate of drug-likeness (QED) is 0.538. The molecule has 0 spiro atoms. The first-order chi connectivity index (χ1) is 5.99. The number of aliphatic hydroxyl groups excluding tert-OH is 1. The average molecular weight is 188 g/mol. The molecule has 0 bridgehead atoms. The van der Waals surface area contributed by atoms with Crippen LogP contribution in [-0.4, -0.2) is 30.8 Å². The summed E-state index contributed by atoms with van der Waals surface area (Å²) in [5, 5.41) is 12.0. The number of hydrogen-bond donors (Lipinski definition) is 3. The summed E-state index contributed by atoms with van der Waals surface area (Å²) in [5.41, 5.74) is 5.95. The molecular formula is C10H24N2O. The number of nitrogens with one attached hydrogen (secondary N) is 1. The molecule has 0 aromatic heterocycles. The first kappa shape index (κ1) is 12.9. The van der Waals surface area contributed by atoms with Gasteiger partial charge in [0.05, 0.1) is 0 Å². The van der Waals surface area contributed by atoms with Crippen LogP contribution >= 0.6 is 0 Å². The summed E-state index contributed by atoms with van der Waals surface area (Å²) in [7, 11) is 0. The molecule has 80 valence electrons. The maximum Gasteiger partial charge on any atom is 0.0443 e. The maximum atomic E-state index is 8.61. The molecule has 0 fully saturated rings. The van der Waals surface area contributed by atoms with Gasteiger partial charge in [-0.3, -0.25) is 0 Å². The van der Waals surface area contributed by atoms with E-state index in [1.165, 1.54) is 0 Å². The van der Waals surface area contributed by atoms with Gasteiger partial charge in [0.2, 0.25) is 0 Å². The van der Waals surface area contributed by atoms with E-state index >= 15 is 0 Å². The number of nitrogens with two attached hydrogens (primary N) is 1. The van der Waals surface area contributed by atoms with Crippen molar-refractivity contribution < 1.29 is 5.11 Å². The van der Waals surface area contributed by atoms with Gasteiger partial charge in [0.1, 0.15) is 0 Å². The van der Waals surface area contributed by atoms with Crippen molar-refractivity contribution in [1.82, 2.24) is 5.32 Å². The Labute approximate surface area is 81.7 Å². The predicted octanol–water partition coefficient (Wildman–Crippen LogP) is 0.722. The van der Waals surface area contributed by atoms with Crippen molar-refractivity contribution in [3.05, 3.63) is 0 Å². The second kappa shape index (κ2) is 6.35. The molecule has 0 rings (SSSR count). The minimum atomic E-state index is 0.250. The fourth-order valence-corrected chi connectivity index (χ4v) is 1.36. The normalized spacial score (nSPS) is 14.5. The first-order valence-corrected chi connectivity index (χ1v) is 5.04. The van der Waals surface area contributed by atoms with Gasteiger partial charge >= 0.3 is 0 Å². The van der Waals surface area contributed by atoms with Crippen molar-refractivity contribution in [3.8, 4) is 0 Å². The van der Waals surface area contributed by atoms with E-state index in [-0.39, 0.29) is 6.61 Å². The Bertz CT molecular complexity index is 121. The fraction of sp³-hybridized carbons (Fsp3) is 1.00. The van der Waals surface area contributed by atoms with E-state index in [0.29, 0.717) is 18.0 Å². The summed E-state index contributed by atoms with van der Waals surface area (Å²) < 4.78 is 0. The summed E-state index contributed by atoms with van der Waals surface area (Å²) in [4.78, 5) is 0. The van der Waals surface area contributed by atoms with Gasteiger partial charge in [-0.2, -0.15) is 0 Å². The average Bonchev–Trinajstić information content (AvgIpc) is 2.01. The summed E-state index contributed by atoms with van der Waals surface area (Å²) >= 11 is 0. The molecular weight excluding hydrogens is 164 g/mol. The Balaban J connectivity index is 3.63. The van der Waals surface area contributed by atoms with Crippen LogP contribution in [0.25, 0.3) is 0 Å². The molecule has 0 radical (unpaired) electrons. The van der Waals surface area contributed by atoms with Crippen LogP contribution in [0, 0.1) is 5.41 Å². The lowest BCUT2D eigenvalue weighted by Gasteiger charge is -2.25. The molecule has 0 heterocycles. The number of aliphatic hydroxyl groups is 1. The minimum Gasteiger partial charge on any atom is -0.396 e. The van der Waals surface area contributed by atoms with E-state index in [0.717, 1.165) is 19.4 Å². The van der Waals surface area contributed by atoms with Crippen LogP contribution in [0.4, 0.5) is 0 Å². The minimum absolute atomic E-state index is 0.250. The molecule has 0 aliphatic carbocycles. The molecule has 13 heavy (non-hydrogen) atoms. The lowest BCUT2D eigenvalue weighted by atomic mass is 9.88. The molecule has 3 nitrogen and oxygen atoms in total. The largest absolute Gasteiger partial charge is 0.396 e. The van der Waals surface area contributed by atoms with Crippen molar-refractivity contribution >= 4 is 0 Å². The van der Waals surface area contributed by atoms with E-state index in [2.05, 4.69) is 26.1 Å². The second-order valence-corrected chi connectivity index (χ2v) is 4.73. The van der Waals surface area contributed by atoms with Crippen LogP contribution in [0.2, 0.25) is 0 Å². The summed E-state index contributed by atoms with van der Waals surface area (Å²) in [6, 6.07) is 0.381. The highest BCUT2D eigenvalue weighted by Crippen LogP contribution is 2.20. The highest BCUT2D eigenvalue weighted by Gasteiger charge is 2.16. The zero-order chi connectivity index (χ0) is 10.3. The molecule has 4 N–H and O–H groups in total. The molecule has 0 saturated heterocycles. The Morgan fingerprint density at radius 2 is 2.00 bits per heavy atom. The third kappa shape index (κ3) is 8.22. The van der Waals surface area contributed by atoms with E-state index in [9.17, 15) is 0 Å². The third-order valence-electron chi connectivity index (χ3n) is 1.91. The summed E-state index contributed by atoms with van der Waals surface area (Å²) in [6.07, 6.45) is 1.88.